The Kier molecular flexibility index (Phi) is 2.71. The first-order valence-electron chi connectivity index (χ1n) is 6.56. The summed E-state index contributed by atoms with van der Waals surface area (Å²) in [6, 6.07) is 9.77. The molecule has 3 heterocycles. The molecule has 21 heavy (non-hydrogen) atoms. The van der Waals surface area contributed by atoms with Gasteiger partial charge >= 0.3 is 0 Å². The van der Waals surface area contributed by atoms with Gasteiger partial charge in [0.25, 0.3) is 5.22 Å². The van der Waals surface area contributed by atoms with Gasteiger partial charge in [0.15, 0.2) is 5.58 Å². The number of fused-ring (bicyclic) bond motifs is 2. The van der Waals surface area contributed by atoms with E-state index in [2.05, 4.69) is 19.9 Å². The van der Waals surface area contributed by atoms with Gasteiger partial charge in [0.05, 0.1) is 5.39 Å². The third kappa shape index (κ3) is 2.17. The first-order chi connectivity index (χ1) is 10.2. The van der Waals surface area contributed by atoms with E-state index in [4.69, 9.17) is 4.42 Å². The van der Waals surface area contributed by atoms with Crippen molar-refractivity contribution in [2.24, 2.45) is 0 Å². The van der Waals surface area contributed by atoms with Gasteiger partial charge in [-0.05, 0) is 43.8 Å². The fraction of sp³-hybridized carbons (Fsp3) is 0.133. The zero-order chi connectivity index (χ0) is 14.4. The number of rotatable bonds is 2. The topological polar surface area (TPSA) is 67.6 Å². The van der Waals surface area contributed by atoms with Crippen LogP contribution in [0.4, 0.5) is 0 Å². The maximum Gasteiger partial charge on any atom is 0.263 e. The molecular formula is C15H12N4OS. The molecule has 0 amide bonds. The number of hydrogen-bond donors (Lipinski definition) is 1. The van der Waals surface area contributed by atoms with E-state index in [0.717, 1.165) is 38.7 Å². The lowest BCUT2D eigenvalue weighted by molar-refractivity contribution is 0.489. The largest absolute Gasteiger partial charge is 0.431 e. The number of H-pyrrole nitrogens is 1. The van der Waals surface area contributed by atoms with E-state index in [9.17, 15) is 0 Å². The van der Waals surface area contributed by atoms with Crippen molar-refractivity contribution < 1.29 is 4.42 Å². The highest BCUT2D eigenvalue weighted by Crippen LogP contribution is 2.33. The third-order valence-corrected chi connectivity index (χ3v) is 4.01. The molecule has 1 aromatic carbocycles. The first-order valence-corrected chi connectivity index (χ1v) is 7.38. The van der Waals surface area contributed by atoms with Crippen LogP contribution in [0.5, 0.6) is 0 Å². The lowest BCUT2D eigenvalue weighted by Gasteiger charge is -2.00. The second-order valence-corrected chi connectivity index (χ2v) is 5.78. The van der Waals surface area contributed by atoms with Gasteiger partial charge in [-0.2, -0.15) is 0 Å². The molecule has 0 unspecified atom stereocenters. The standard InChI is InChI=1S/C15H12N4OS/c1-8-7-10-13(16-8)17-9(2)18-14(10)21-15-19-11-5-3-4-6-12(11)20-15/h3-7H,1-2H3,(H,16,17,18). The number of aryl methyl sites for hydroxylation is 2. The van der Waals surface area contributed by atoms with Crippen molar-refractivity contribution in [3.8, 4) is 0 Å². The molecule has 0 aliphatic carbocycles. The van der Waals surface area contributed by atoms with E-state index in [1.54, 1.807) is 0 Å². The number of oxazole rings is 1. The van der Waals surface area contributed by atoms with Crippen LogP contribution < -0.4 is 0 Å². The van der Waals surface area contributed by atoms with E-state index in [0.29, 0.717) is 5.22 Å². The van der Waals surface area contributed by atoms with Crippen LogP contribution in [0.2, 0.25) is 0 Å². The summed E-state index contributed by atoms with van der Waals surface area (Å²) in [5, 5.41) is 2.44. The number of benzene rings is 1. The molecule has 0 fully saturated rings. The van der Waals surface area contributed by atoms with E-state index in [1.165, 1.54) is 11.8 Å². The Morgan fingerprint density at radius 3 is 2.81 bits per heavy atom. The van der Waals surface area contributed by atoms with Crippen molar-refractivity contribution in [1.82, 2.24) is 19.9 Å². The van der Waals surface area contributed by atoms with Gasteiger partial charge in [0, 0.05) is 5.69 Å². The molecule has 0 saturated heterocycles. The summed E-state index contributed by atoms with van der Waals surface area (Å²) >= 11 is 1.42. The smallest absolute Gasteiger partial charge is 0.263 e. The minimum Gasteiger partial charge on any atom is -0.431 e. The predicted molar refractivity (Wildman–Crippen MR) is 81.5 cm³/mol. The van der Waals surface area contributed by atoms with Gasteiger partial charge < -0.3 is 9.40 Å². The minimum atomic E-state index is 0.592. The average Bonchev–Trinajstić information content (AvgIpc) is 3.00. The van der Waals surface area contributed by atoms with Crippen LogP contribution in [0.3, 0.4) is 0 Å². The molecule has 4 rings (SSSR count). The molecule has 0 saturated carbocycles. The summed E-state index contributed by atoms with van der Waals surface area (Å²) in [7, 11) is 0. The van der Waals surface area contributed by atoms with Crippen molar-refractivity contribution >= 4 is 33.9 Å². The molecule has 0 atom stereocenters. The molecule has 5 nitrogen and oxygen atoms in total. The van der Waals surface area contributed by atoms with Gasteiger partial charge in [0.2, 0.25) is 0 Å². The summed E-state index contributed by atoms with van der Waals surface area (Å²) in [4.78, 5) is 16.6. The number of aromatic nitrogens is 4. The Balaban J connectivity index is 1.82. The van der Waals surface area contributed by atoms with Crippen molar-refractivity contribution in [2.75, 3.05) is 0 Å². The Hall–Kier alpha value is -2.34. The summed E-state index contributed by atoms with van der Waals surface area (Å²) < 4.78 is 5.75. The average molecular weight is 296 g/mol. The van der Waals surface area contributed by atoms with Crippen molar-refractivity contribution in [3.05, 3.63) is 41.9 Å². The normalized spacial score (nSPS) is 11.5. The SMILES string of the molecule is Cc1nc(Sc2nc3ccccc3o2)c2cc(C)[nH]c2n1. The lowest BCUT2D eigenvalue weighted by Crippen LogP contribution is -1.91. The zero-order valence-electron chi connectivity index (χ0n) is 11.5. The van der Waals surface area contributed by atoms with Gasteiger partial charge in [-0.3, -0.25) is 0 Å². The van der Waals surface area contributed by atoms with Crippen LogP contribution in [0, 0.1) is 13.8 Å². The predicted octanol–water partition coefficient (Wildman–Crippen LogP) is 3.87. The van der Waals surface area contributed by atoms with Crippen molar-refractivity contribution in [1.29, 1.82) is 0 Å². The van der Waals surface area contributed by atoms with Crippen molar-refractivity contribution in [3.63, 3.8) is 0 Å². The van der Waals surface area contributed by atoms with E-state index in [1.807, 2.05) is 44.2 Å². The van der Waals surface area contributed by atoms with E-state index < -0.39 is 0 Å². The summed E-state index contributed by atoms with van der Waals surface area (Å²) in [5.41, 5.74) is 3.54. The monoisotopic (exact) mass is 296 g/mol. The highest BCUT2D eigenvalue weighted by molar-refractivity contribution is 7.99. The van der Waals surface area contributed by atoms with Gasteiger partial charge in [-0.15, -0.1) is 0 Å². The molecule has 4 aromatic rings. The number of nitrogens with one attached hydrogen (secondary N) is 1. The highest BCUT2D eigenvalue weighted by atomic mass is 32.2. The fourth-order valence-electron chi connectivity index (χ4n) is 2.28. The lowest BCUT2D eigenvalue weighted by atomic mass is 10.3. The first kappa shape index (κ1) is 12.4. The van der Waals surface area contributed by atoms with E-state index in [-0.39, 0.29) is 0 Å². The van der Waals surface area contributed by atoms with Gasteiger partial charge in [-0.1, -0.05) is 12.1 Å². The Labute approximate surface area is 124 Å². The zero-order valence-corrected chi connectivity index (χ0v) is 12.4. The Morgan fingerprint density at radius 2 is 1.95 bits per heavy atom. The van der Waals surface area contributed by atoms with Gasteiger partial charge in [0.1, 0.15) is 22.0 Å². The number of nitrogens with zero attached hydrogens (tertiary/aromatic N) is 3. The van der Waals surface area contributed by atoms with Crippen molar-refractivity contribution in [2.45, 2.75) is 24.1 Å². The maximum absolute atomic E-state index is 5.75. The Bertz CT molecular complexity index is 924. The molecule has 1 N–H and O–H groups in total. The highest BCUT2D eigenvalue weighted by Gasteiger charge is 2.13. The molecule has 0 aliphatic rings. The second-order valence-electron chi connectivity index (χ2n) is 4.84. The maximum atomic E-state index is 5.75. The quantitative estimate of drug-likeness (QED) is 0.569. The summed E-state index contributed by atoms with van der Waals surface area (Å²) in [6.45, 7) is 3.89. The van der Waals surface area contributed by atoms with Gasteiger partial charge in [-0.25, -0.2) is 15.0 Å². The van der Waals surface area contributed by atoms with Crippen LogP contribution in [0.15, 0.2) is 45.0 Å². The summed E-state index contributed by atoms with van der Waals surface area (Å²) in [5.74, 6) is 0.725. The van der Waals surface area contributed by atoms with E-state index >= 15 is 0 Å². The van der Waals surface area contributed by atoms with Crippen LogP contribution in [-0.2, 0) is 0 Å². The minimum absolute atomic E-state index is 0.592. The van der Waals surface area contributed by atoms with Crippen LogP contribution >= 0.6 is 11.8 Å². The Morgan fingerprint density at radius 1 is 1.10 bits per heavy atom. The number of hydrogen-bond acceptors (Lipinski definition) is 5. The molecule has 0 bridgehead atoms. The van der Waals surface area contributed by atoms with Crippen LogP contribution in [0.1, 0.15) is 11.5 Å². The molecule has 0 aliphatic heterocycles. The molecule has 6 heteroatoms. The molecular weight excluding hydrogens is 284 g/mol. The molecule has 0 spiro atoms. The fourth-order valence-corrected chi connectivity index (χ4v) is 3.16. The molecule has 104 valence electrons. The number of aromatic amines is 1. The number of para-hydroxylation sites is 2. The second kappa shape index (κ2) is 4.60. The van der Waals surface area contributed by atoms with Crippen LogP contribution in [0.25, 0.3) is 22.1 Å². The van der Waals surface area contributed by atoms with Crippen LogP contribution in [-0.4, -0.2) is 19.9 Å². The summed E-state index contributed by atoms with van der Waals surface area (Å²) in [6.07, 6.45) is 0. The molecule has 0 radical (unpaired) electrons. The third-order valence-electron chi connectivity index (χ3n) is 3.16. The molecule has 3 aromatic heterocycles.